The lowest BCUT2D eigenvalue weighted by molar-refractivity contribution is -0.124. The minimum atomic E-state index is -0.0265. The number of allylic oxidation sites excluding steroid dienone is 4. The molecule has 10 atom stereocenters. The lowest BCUT2D eigenvalue weighted by Crippen LogP contribution is -2.54. The minimum Gasteiger partial charge on any atom is -0.393 e. The molecule has 4 saturated carbocycles. The maximum atomic E-state index is 10.3. The molecule has 0 aromatic carbocycles. The molecule has 0 heterocycles. The molecule has 0 spiro atoms. The van der Waals surface area contributed by atoms with Crippen molar-refractivity contribution in [2.75, 3.05) is 0 Å². The molecule has 4 rings (SSSR count). The lowest BCUT2D eigenvalue weighted by atomic mass is 9.44. The Kier molecular flexibility index (Phi) is 7.09. The standard InChI is InChI=1S/C31H52O/c1-8-9-25(20(2)3)21(4)18-22(5)27-12-13-28-26-11-10-23-19-24(32)14-16-30(23,6)29(26)15-17-31(27,28)7/h8-9,18,20-21,23-29,32H,10-17,19H2,1-7H3/b9-8-,22-18-/t21?,23-,24?,25?,26?,27+,28?,29?,30-,31+/m0/s1. The quantitative estimate of drug-likeness (QED) is 0.425. The Morgan fingerprint density at radius 2 is 1.59 bits per heavy atom. The molecule has 1 N–H and O–H groups in total. The van der Waals surface area contributed by atoms with Crippen LogP contribution in [0.4, 0.5) is 0 Å². The molecule has 0 aliphatic heterocycles. The molecule has 0 radical (unpaired) electrons. The Balaban J connectivity index is 1.53. The van der Waals surface area contributed by atoms with E-state index < -0.39 is 0 Å². The van der Waals surface area contributed by atoms with Crippen molar-refractivity contribution < 1.29 is 5.11 Å². The van der Waals surface area contributed by atoms with Gasteiger partial charge in [0.2, 0.25) is 0 Å². The van der Waals surface area contributed by atoms with Gasteiger partial charge in [0.25, 0.3) is 0 Å². The molecule has 6 unspecified atom stereocenters. The topological polar surface area (TPSA) is 20.2 Å². The van der Waals surface area contributed by atoms with Gasteiger partial charge in [0.05, 0.1) is 6.10 Å². The van der Waals surface area contributed by atoms with Gasteiger partial charge in [-0.1, -0.05) is 58.4 Å². The average molecular weight is 441 g/mol. The highest BCUT2D eigenvalue weighted by molar-refractivity contribution is 5.18. The van der Waals surface area contributed by atoms with Crippen LogP contribution in [0.15, 0.2) is 23.8 Å². The highest BCUT2D eigenvalue weighted by Gasteiger charge is 2.60. The summed E-state index contributed by atoms with van der Waals surface area (Å²) >= 11 is 0. The summed E-state index contributed by atoms with van der Waals surface area (Å²) in [5.74, 6) is 6.29. The van der Waals surface area contributed by atoms with E-state index in [1.807, 2.05) is 0 Å². The van der Waals surface area contributed by atoms with Crippen LogP contribution in [0.1, 0.15) is 106 Å². The van der Waals surface area contributed by atoms with Crippen LogP contribution in [0, 0.1) is 58.2 Å². The fourth-order valence-corrected chi connectivity index (χ4v) is 9.85. The lowest BCUT2D eigenvalue weighted by Gasteiger charge is -2.61. The zero-order valence-corrected chi connectivity index (χ0v) is 22.2. The van der Waals surface area contributed by atoms with Crippen LogP contribution in [-0.2, 0) is 0 Å². The van der Waals surface area contributed by atoms with Crippen LogP contribution in [0.3, 0.4) is 0 Å². The normalized spacial score (nSPS) is 46.6. The summed E-state index contributed by atoms with van der Waals surface area (Å²) in [6, 6.07) is 0. The van der Waals surface area contributed by atoms with Gasteiger partial charge in [-0.2, -0.15) is 0 Å². The van der Waals surface area contributed by atoms with Gasteiger partial charge in [-0.25, -0.2) is 0 Å². The van der Waals surface area contributed by atoms with E-state index in [1.165, 1.54) is 44.9 Å². The Morgan fingerprint density at radius 3 is 2.28 bits per heavy atom. The van der Waals surface area contributed by atoms with Crippen LogP contribution in [0.5, 0.6) is 0 Å². The van der Waals surface area contributed by atoms with Crippen molar-refractivity contribution in [3.05, 3.63) is 23.8 Å². The van der Waals surface area contributed by atoms with E-state index in [-0.39, 0.29) is 6.10 Å². The summed E-state index contributed by atoms with van der Waals surface area (Å²) in [6.07, 6.45) is 19.2. The summed E-state index contributed by atoms with van der Waals surface area (Å²) in [6.45, 7) is 17.1. The summed E-state index contributed by atoms with van der Waals surface area (Å²) in [5.41, 5.74) is 2.70. The van der Waals surface area contributed by atoms with Gasteiger partial charge in [0.15, 0.2) is 0 Å². The minimum absolute atomic E-state index is 0.0265. The van der Waals surface area contributed by atoms with Crippen LogP contribution < -0.4 is 0 Å². The van der Waals surface area contributed by atoms with Crippen LogP contribution in [-0.4, -0.2) is 11.2 Å². The zero-order valence-electron chi connectivity index (χ0n) is 22.2. The van der Waals surface area contributed by atoms with Gasteiger partial charge in [-0.05, 0) is 130 Å². The van der Waals surface area contributed by atoms with E-state index in [0.29, 0.717) is 28.6 Å². The molecule has 4 aliphatic carbocycles. The Morgan fingerprint density at radius 1 is 0.906 bits per heavy atom. The molecule has 0 aromatic heterocycles. The van der Waals surface area contributed by atoms with Crippen LogP contribution in [0.25, 0.3) is 0 Å². The predicted octanol–water partition coefficient (Wildman–Crippen LogP) is 8.44. The highest BCUT2D eigenvalue weighted by atomic mass is 16.3. The smallest absolute Gasteiger partial charge is 0.0543 e. The summed E-state index contributed by atoms with van der Waals surface area (Å²) in [4.78, 5) is 0. The number of fused-ring (bicyclic) bond motifs is 5. The van der Waals surface area contributed by atoms with Crippen molar-refractivity contribution in [3.8, 4) is 0 Å². The van der Waals surface area contributed by atoms with Gasteiger partial charge in [0.1, 0.15) is 0 Å². The summed E-state index contributed by atoms with van der Waals surface area (Å²) in [7, 11) is 0. The molecule has 0 amide bonds. The van der Waals surface area contributed by atoms with E-state index in [1.54, 1.807) is 5.57 Å². The first-order valence-electron chi connectivity index (χ1n) is 14.1. The maximum Gasteiger partial charge on any atom is 0.0543 e. The van der Waals surface area contributed by atoms with Crippen molar-refractivity contribution >= 4 is 0 Å². The van der Waals surface area contributed by atoms with E-state index in [9.17, 15) is 5.11 Å². The predicted molar refractivity (Wildman–Crippen MR) is 137 cm³/mol. The van der Waals surface area contributed by atoms with Gasteiger partial charge < -0.3 is 5.11 Å². The van der Waals surface area contributed by atoms with Gasteiger partial charge in [0, 0.05) is 0 Å². The van der Waals surface area contributed by atoms with Crippen LogP contribution in [0.2, 0.25) is 0 Å². The molecule has 4 aliphatic rings. The monoisotopic (exact) mass is 440 g/mol. The number of rotatable bonds is 5. The highest BCUT2D eigenvalue weighted by Crippen LogP contribution is 2.68. The maximum absolute atomic E-state index is 10.3. The molecule has 0 saturated heterocycles. The first-order valence-corrected chi connectivity index (χ1v) is 14.1. The van der Waals surface area contributed by atoms with Gasteiger partial charge in [-0.3, -0.25) is 0 Å². The largest absolute Gasteiger partial charge is 0.393 e. The Bertz CT molecular complexity index is 718. The molecule has 182 valence electrons. The third-order valence-electron chi connectivity index (χ3n) is 11.5. The number of aliphatic hydroxyl groups is 1. The Hall–Kier alpha value is -0.560. The molecule has 0 aromatic rings. The number of hydrogen-bond acceptors (Lipinski definition) is 1. The Labute approximate surface area is 199 Å². The second-order valence-electron chi connectivity index (χ2n) is 13.4. The molecular weight excluding hydrogens is 388 g/mol. The number of aliphatic hydroxyl groups excluding tert-OH is 1. The SMILES string of the molecule is C/C=C\C(C(C)C)C(C)/C=C(/C)[C@H]1CCC2C3CC[C@H]4CC(O)CC[C@]4(C)C3CC[C@@]21C. The molecular formula is C31H52O. The van der Waals surface area contributed by atoms with E-state index in [4.69, 9.17) is 0 Å². The van der Waals surface area contributed by atoms with Crippen molar-refractivity contribution in [2.45, 2.75) is 112 Å². The molecule has 4 fully saturated rings. The molecule has 1 nitrogen and oxygen atoms in total. The van der Waals surface area contributed by atoms with Crippen molar-refractivity contribution in [1.82, 2.24) is 0 Å². The third kappa shape index (κ3) is 4.08. The fraction of sp³-hybridized carbons (Fsp3) is 0.871. The van der Waals surface area contributed by atoms with Crippen molar-refractivity contribution in [1.29, 1.82) is 0 Å². The fourth-order valence-electron chi connectivity index (χ4n) is 9.85. The second-order valence-corrected chi connectivity index (χ2v) is 13.4. The van der Waals surface area contributed by atoms with Gasteiger partial charge >= 0.3 is 0 Å². The first kappa shape index (κ1) is 24.6. The van der Waals surface area contributed by atoms with Crippen molar-refractivity contribution in [2.24, 2.45) is 58.2 Å². The van der Waals surface area contributed by atoms with Crippen LogP contribution >= 0.6 is 0 Å². The zero-order chi connectivity index (χ0) is 23.3. The van der Waals surface area contributed by atoms with E-state index >= 15 is 0 Å². The van der Waals surface area contributed by atoms with E-state index in [2.05, 4.69) is 66.7 Å². The number of hydrogen-bond donors (Lipinski definition) is 1. The van der Waals surface area contributed by atoms with E-state index in [0.717, 1.165) is 42.4 Å². The molecule has 32 heavy (non-hydrogen) atoms. The average Bonchev–Trinajstić information content (AvgIpc) is 3.09. The third-order valence-corrected chi connectivity index (χ3v) is 11.5. The molecule has 0 bridgehead atoms. The first-order chi connectivity index (χ1) is 15.1. The van der Waals surface area contributed by atoms with Gasteiger partial charge in [-0.15, -0.1) is 0 Å². The second kappa shape index (κ2) is 9.24. The summed E-state index contributed by atoms with van der Waals surface area (Å²) in [5, 5.41) is 10.3. The summed E-state index contributed by atoms with van der Waals surface area (Å²) < 4.78 is 0. The molecule has 1 heteroatoms. The van der Waals surface area contributed by atoms with Crippen molar-refractivity contribution in [3.63, 3.8) is 0 Å².